The van der Waals surface area contributed by atoms with Crippen LogP contribution in [0.2, 0.25) is 0 Å². The molecule has 3 aromatic rings. The standard InChI is InChI=1S/C19H17NO5S2/c1-12(19(22)23)26-17-11-16(14-9-5-6-10-15(14)18(17)21)20-27(24,25)13-7-3-2-4-8-13/h2-12,20-21H,1H3,(H,22,23)/t12-/m1/s1. The third-order valence-electron chi connectivity index (χ3n) is 3.93. The highest BCUT2D eigenvalue weighted by molar-refractivity contribution is 8.00. The van der Waals surface area contributed by atoms with Crippen LogP contribution in [0, 0.1) is 0 Å². The van der Waals surface area contributed by atoms with Crippen LogP contribution in [0.5, 0.6) is 5.75 Å². The number of aromatic hydroxyl groups is 1. The lowest BCUT2D eigenvalue weighted by molar-refractivity contribution is -0.136. The zero-order valence-corrected chi connectivity index (χ0v) is 15.9. The summed E-state index contributed by atoms with van der Waals surface area (Å²) >= 11 is 0.945. The summed E-state index contributed by atoms with van der Waals surface area (Å²) in [5.41, 5.74) is 0.271. The van der Waals surface area contributed by atoms with Gasteiger partial charge in [-0.05, 0) is 25.1 Å². The maximum atomic E-state index is 12.7. The Labute approximate surface area is 160 Å². The summed E-state index contributed by atoms with van der Waals surface area (Å²) in [4.78, 5) is 11.6. The molecule has 3 rings (SSSR count). The van der Waals surface area contributed by atoms with Gasteiger partial charge in [-0.2, -0.15) is 0 Å². The lowest BCUT2D eigenvalue weighted by Crippen LogP contribution is -2.14. The molecule has 6 nitrogen and oxygen atoms in total. The molecule has 1 atom stereocenters. The van der Waals surface area contributed by atoms with Crippen LogP contribution in [0.1, 0.15) is 6.92 Å². The second-order valence-corrected chi connectivity index (χ2v) is 8.90. The molecule has 3 N–H and O–H groups in total. The minimum absolute atomic E-state index is 0.0774. The van der Waals surface area contributed by atoms with Gasteiger partial charge in [-0.25, -0.2) is 8.42 Å². The quantitative estimate of drug-likeness (QED) is 0.426. The second-order valence-electron chi connectivity index (χ2n) is 5.83. The third kappa shape index (κ3) is 4.01. The summed E-state index contributed by atoms with van der Waals surface area (Å²) in [6.07, 6.45) is 0. The van der Waals surface area contributed by atoms with Gasteiger partial charge in [0.15, 0.2) is 0 Å². The van der Waals surface area contributed by atoms with Crippen LogP contribution in [0.4, 0.5) is 5.69 Å². The number of thioether (sulfide) groups is 1. The van der Waals surface area contributed by atoms with E-state index in [2.05, 4.69) is 4.72 Å². The highest BCUT2D eigenvalue weighted by Gasteiger charge is 2.21. The first-order valence-corrected chi connectivity index (χ1v) is 10.4. The van der Waals surface area contributed by atoms with Crippen LogP contribution in [0.25, 0.3) is 10.8 Å². The van der Waals surface area contributed by atoms with Crippen molar-refractivity contribution in [2.24, 2.45) is 0 Å². The summed E-state index contributed by atoms with van der Waals surface area (Å²) < 4.78 is 27.9. The Bertz CT molecular complexity index is 1100. The predicted molar refractivity (Wildman–Crippen MR) is 106 cm³/mol. The molecule has 0 aromatic heterocycles. The molecule has 8 heteroatoms. The van der Waals surface area contributed by atoms with Gasteiger partial charge in [0, 0.05) is 10.8 Å². The summed E-state index contributed by atoms with van der Waals surface area (Å²) in [6.45, 7) is 1.50. The van der Waals surface area contributed by atoms with Crippen LogP contribution < -0.4 is 4.72 Å². The number of phenols is 1. The van der Waals surface area contributed by atoms with E-state index in [9.17, 15) is 18.3 Å². The molecule has 0 fully saturated rings. The fraction of sp³-hybridized carbons (Fsp3) is 0.105. The van der Waals surface area contributed by atoms with Crippen molar-refractivity contribution in [1.29, 1.82) is 0 Å². The van der Waals surface area contributed by atoms with Gasteiger partial charge >= 0.3 is 5.97 Å². The van der Waals surface area contributed by atoms with E-state index in [0.29, 0.717) is 10.8 Å². The zero-order chi connectivity index (χ0) is 19.6. The van der Waals surface area contributed by atoms with Gasteiger partial charge in [-0.1, -0.05) is 42.5 Å². The SMILES string of the molecule is C[C@@H](Sc1cc(NS(=O)(=O)c2ccccc2)c2ccccc2c1O)C(=O)O. The fourth-order valence-electron chi connectivity index (χ4n) is 2.55. The molecule has 3 aromatic carbocycles. The number of nitrogens with one attached hydrogen (secondary N) is 1. The Morgan fingerprint density at radius 2 is 1.63 bits per heavy atom. The normalized spacial score (nSPS) is 12.6. The Balaban J connectivity index is 2.12. The van der Waals surface area contributed by atoms with Crippen LogP contribution in [0.3, 0.4) is 0 Å². The van der Waals surface area contributed by atoms with Gasteiger partial charge in [0.1, 0.15) is 11.0 Å². The van der Waals surface area contributed by atoms with Crippen LogP contribution >= 0.6 is 11.8 Å². The van der Waals surface area contributed by atoms with E-state index >= 15 is 0 Å². The van der Waals surface area contributed by atoms with Crippen molar-refractivity contribution in [1.82, 2.24) is 0 Å². The Morgan fingerprint density at radius 1 is 1.04 bits per heavy atom. The molecule has 0 aliphatic rings. The van der Waals surface area contributed by atoms with Gasteiger partial charge < -0.3 is 10.2 Å². The van der Waals surface area contributed by atoms with E-state index in [4.69, 9.17) is 5.11 Å². The van der Waals surface area contributed by atoms with E-state index in [-0.39, 0.29) is 21.2 Å². The Hall–Kier alpha value is -2.71. The van der Waals surface area contributed by atoms with Crippen molar-refractivity contribution < 1.29 is 23.4 Å². The van der Waals surface area contributed by atoms with E-state index in [1.165, 1.54) is 25.1 Å². The summed E-state index contributed by atoms with van der Waals surface area (Å²) in [5.74, 6) is -1.11. The molecule has 0 heterocycles. The molecule has 0 radical (unpaired) electrons. The number of carboxylic acid groups (broad SMARTS) is 1. The molecule has 0 spiro atoms. The van der Waals surface area contributed by atoms with E-state index in [0.717, 1.165) is 11.8 Å². The van der Waals surface area contributed by atoms with Crippen LogP contribution in [-0.2, 0) is 14.8 Å². The topological polar surface area (TPSA) is 104 Å². The lowest BCUT2D eigenvalue weighted by atomic mass is 10.1. The molecule has 27 heavy (non-hydrogen) atoms. The van der Waals surface area contributed by atoms with Crippen molar-refractivity contribution in [2.75, 3.05) is 4.72 Å². The summed E-state index contributed by atoms with van der Waals surface area (Å²) in [5, 5.41) is 19.8. The molecule has 0 aliphatic carbocycles. The first kappa shape index (κ1) is 19.1. The number of rotatable bonds is 6. The van der Waals surface area contributed by atoms with E-state index in [1.807, 2.05) is 0 Å². The zero-order valence-electron chi connectivity index (χ0n) is 14.3. The number of aliphatic carboxylic acids is 1. The fourth-order valence-corrected chi connectivity index (χ4v) is 4.53. The number of sulfonamides is 1. The average Bonchev–Trinajstić information content (AvgIpc) is 2.66. The van der Waals surface area contributed by atoms with E-state index < -0.39 is 21.2 Å². The number of fused-ring (bicyclic) bond motifs is 1. The maximum absolute atomic E-state index is 12.7. The van der Waals surface area contributed by atoms with Crippen molar-refractivity contribution in [2.45, 2.75) is 22.0 Å². The minimum Gasteiger partial charge on any atom is -0.506 e. The highest BCUT2D eigenvalue weighted by Crippen LogP contribution is 2.41. The third-order valence-corrected chi connectivity index (χ3v) is 6.43. The van der Waals surface area contributed by atoms with Crippen molar-refractivity contribution >= 4 is 44.2 Å². The van der Waals surface area contributed by atoms with Crippen LogP contribution in [0.15, 0.2) is 70.5 Å². The first-order chi connectivity index (χ1) is 12.8. The highest BCUT2D eigenvalue weighted by atomic mass is 32.2. The van der Waals surface area contributed by atoms with Gasteiger partial charge in [-0.15, -0.1) is 11.8 Å². The summed E-state index contributed by atoms with van der Waals surface area (Å²) in [7, 11) is -3.84. The molecule has 0 unspecified atom stereocenters. The maximum Gasteiger partial charge on any atom is 0.316 e. The molecular formula is C19H17NO5S2. The smallest absolute Gasteiger partial charge is 0.316 e. The Morgan fingerprint density at radius 3 is 2.26 bits per heavy atom. The first-order valence-electron chi connectivity index (χ1n) is 8.01. The number of carboxylic acids is 1. The van der Waals surface area contributed by atoms with Crippen molar-refractivity contribution in [3.63, 3.8) is 0 Å². The van der Waals surface area contributed by atoms with Crippen molar-refractivity contribution in [3.8, 4) is 5.75 Å². The van der Waals surface area contributed by atoms with Gasteiger partial charge in [0.2, 0.25) is 0 Å². The Kier molecular flexibility index (Phi) is 5.29. The largest absolute Gasteiger partial charge is 0.506 e. The predicted octanol–water partition coefficient (Wildman–Crippen LogP) is 3.91. The number of anilines is 1. The number of hydrogen-bond acceptors (Lipinski definition) is 5. The monoisotopic (exact) mass is 403 g/mol. The van der Waals surface area contributed by atoms with Gasteiger partial charge in [-0.3, -0.25) is 9.52 Å². The van der Waals surface area contributed by atoms with Gasteiger partial charge in [0.25, 0.3) is 10.0 Å². The molecular weight excluding hydrogens is 386 g/mol. The van der Waals surface area contributed by atoms with Gasteiger partial charge in [0.05, 0.1) is 15.5 Å². The second kappa shape index (κ2) is 7.50. The number of hydrogen-bond donors (Lipinski definition) is 3. The van der Waals surface area contributed by atoms with Crippen molar-refractivity contribution in [3.05, 3.63) is 60.7 Å². The molecule has 0 saturated carbocycles. The average molecular weight is 403 g/mol. The molecule has 0 amide bonds. The molecule has 0 bridgehead atoms. The number of benzene rings is 3. The lowest BCUT2D eigenvalue weighted by Gasteiger charge is -2.16. The summed E-state index contributed by atoms with van der Waals surface area (Å²) in [6, 6.07) is 16.2. The molecule has 140 valence electrons. The minimum atomic E-state index is -3.84. The number of phenolic OH excluding ortho intramolecular Hbond substituents is 1. The number of carbonyl (C=O) groups is 1. The van der Waals surface area contributed by atoms with E-state index in [1.54, 1.807) is 42.5 Å². The van der Waals surface area contributed by atoms with Crippen LogP contribution in [-0.4, -0.2) is 29.9 Å². The molecule has 0 saturated heterocycles. The molecule has 0 aliphatic heterocycles.